The molecular weight excluding hydrogens is 290 g/mol. The van der Waals surface area contributed by atoms with Crippen molar-refractivity contribution < 1.29 is 23.0 Å². The smallest absolute Gasteiger partial charge is 0.196 e. The molecule has 0 saturated carbocycles. The predicted octanol–water partition coefficient (Wildman–Crippen LogP) is 3.40. The van der Waals surface area contributed by atoms with Crippen molar-refractivity contribution in [1.29, 1.82) is 0 Å². The lowest BCUT2D eigenvalue weighted by Gasteiger charge is -2.30. The first-order valence-electron chi connectivity index (χ1n) is 7.58. The molecule has 0 N–H and O–H groups in total. The van der Waals surface area contributed by atoms with E-state index in [4.69, 9.17) is 9.47 Å². The summed E-state index contributed by atoms with van der Waals surface area (Å²) in [5.74, 6) is -1.28. The monoisotopic (exact) mass is 310 g/mol. The van der Waals surface area contributed by atoms with Crippen LogP contribution in [0.2, 0.25) is 0 Å². The number of halogens is 2. The molecule has 2 heterocycles. The Balaban J connectivity index is 1.77. The van der Waals surface area contributed by atoms with Gasteiger partial charge in [0.05, 0.1) is 6.61 Å². The number of Topliss-reactive ketones (excluding diaryl/α,β-unsaturated/α-hetero) is 1. The Kier molecular flexibility index (Phi) is 3.61. The molecule has 120 valence electrons. The van der Waals surface area contributed by atoms with Gasteiger partial charge >= 0.3 is 0 Å². The molecule has 2 saturated heterocycles. The van der Waals surface area contributed by atoms with Crippen molar-refractivity contribution in [2.24, 2.45) is 5.92 Å². The molecule has 0 aliphatic carbocycles. The second-order valence-corrected chi connectivity index (χ2v) is 6.79. The van der Waals surface area contributed by atoms with Gasteiger partial charge in [0, 0.05) is 6.07 Å². The Morgan fingerprint density at radius 2 is 1.91 bits per heavy atom. The Morgan fingerprint density at radius 3 is 2.45 bits per heavy atom. The van der Waals surface area contributed by atoms with Gasteiger partial charge in [-0.25, -0.2) is 8.78 Å². The lowest BCUT2D eigenvalue weighted by Crippen LogP contribution is -2.48. The van der Waals surface area contributed by atoms with E-state index >= 15 is 0 Å². The summed E-state index contributed by atoms with van der Waals surface area (Å²) in [4.78, 5) is 12.7. The summed E-state index contributed by atoms with van der Waals surface area (Å²) in [5.41, 5.74) is -1.05. The molecule has 22 heavy (non-hydrogen) atoms. The number of fused-ring (bicyclic) bond motifs is 2. The number of ketones is 1. The van der Waals surface area contributed by atoms with Crippen molar-refractivity contribution in [2.75, 3.05) is 0 Å². The summed E-state index contributed by atoms with van der Waals surface area (Å²) in [7, 11) is 0. The van der Waals surface area contributed by atoms with Crippen molar-refractivity contribution >= 4 is 5.78 Å². The van der Waals surface area contributed by atoms with Crippen LogP contribution in [-0.2, 0) is 20.9 Å². The molecule has 0 aromatic heterocycles. The van der Waals surface area contributed by atoms with Crippen LogP contribution in [0, 0.1) is 17.6 Å². The van der Waals surface area contributed by atoms with Gasteiger partial charge in [-0.15, -0.1) is 0 Å². The lowest BCUT2D eigenvalue weighted by molar-refractivity contribution is -0.139. The summed E-state index contributed by atoms with van der Waals surface area (Å²) in [5, 5.41) is 0. The van der Waals surface area contributed by atoms with Crippen LogP contribution in [0.25, 0.3) is 0 Å². The van der Waals surface area contributed by atoms with Crippen molar-refractivity contribution in [3.05, 3.63) is 35.4 Å². The molecule has 0 unspecified atom stereocenters. The third-order valence-corrected chi connectivity index (χ3v) is 4.89. The van der Waals surface area contributed by atoms with E-state index in [2.05, 4.69) is 0 Å². The topological polar surface area (TPSA) is 35.5 Å². The van der Waals surface area contributed by atoms with E-state index in [-0.39, 0.29) is 18.3 Å². The molecule has 5 heteroatoms. The number of hydrogen-bond donors (Lipinski definition) is 0. The van der Waals surface area contributed by atoms with Gasteiger partial charge in [-0.2, -0.15) is 0 Å². The fourth-order valence-corrected chi connectivity index (χ4v) is 3.63. The Hall–Kier alpha value is -1.33. The molecule has 0 amide bonds. The first-order valence-corrected chi connectivity index (χ1v) is 7.58. The number of carbonyl (C=O) groups is 1. The third-order valence-electron chi connectivity index (χ3n) is 4.89. The molecule has 0 spiro atoms. The van der Waals surface area contributed by atoms with Crippen molar-refractivity contribution in [2.45, 2.75) is 57.5 Å². The predicted molar refractivity (Wildman–Crippen MR) is 76.2 cm³/mol. The summed E-state index contributed by atoms with van der Waals surface area (Å²) in [6.07, 6.45) is 0.767. The summed E-state index contributed by atoms with van der Waals surface area (Å²) < 4.78 is 38.2. The molecule has 2 fully saturated rings. The molecule has 2 aliphatic rings. The first-order chi connectivity index (χ1) is 10.3. The summed E-state index contributed by atoms with van der Waals surface area (Å²) in [6, 6.07) is 3.23. The average molecular weight is 310 g/mol. The van der Waals surface area contributed by atoms with Crippen molar-refractivity contribution in [1.82, 2.24) is 0 Å². The van der Waals surface area contributed by atoms with E-state index in [0.29, 0.717) is 12.0 Å². The standard InChI is InChI=1S/C17H20F2O3/c1-10(2)17-5-4-16(3,22-17)15(14(17)20)21-9-11-6-12(18)8-13(19)7-11/h6-8,10,15H,4-5,9H2,1-3H3/t15-,16+,17+/m1/s1. The van der Waals surface area contributed by atoms with E-state index in [9.17, 15) is 13.6 Å². The molecule has 2 aliphatic heterocycles. The zero-order valence-corrected chi connectivity index (χ0v) is 13.0. The fourth-order valence-electron chi connectivity index (χ4n) is 3.63. The maximum atomic E-state index is 13.2. The molecule has 3 rings (SSSR count). The number of rotatable bonds is 4. The highest BCUT2D eigenvalue weighted by molar-refractivity contribution is 5.96. The summed E-state index contributed by atoms with van der Waals surface area (Å²) in [6.45, 7) is 5.79. The first kappa shape index (κ1) is 15.6. The minimum absolute atomic E-state index is 0.0157. The molecule has 3 atom stereocenters. The van der Waals surface area contributed by atoms with Gasteiger partial charge in [-0.05, 0) is 43.4 Å². The minimum atomic E-state index is -0.771. The molecule has 3 nitrogen and oxygen atoms in total. The second kappa shape index (κ2) is 5.10. The number of ether oxygens (including phenoxy) is 2. The highest BCUT2D eigenvalue weighted by atomic mass is 19.1. The molecule has 0 radical (unpaired) electrons. The second-order valence-electron chi connectivity index (χ2n) is 6.79. The molecular formula is C17H20F2O3. The van der Waals surface area contributed by atoms with Crippen LogP contribution in [0.1, 0.15) is 39.2 Å². The van der Waals surface area contributed by atoms with Gasteiger partial charge in [-0.3, -0.25) is 4.79 Å². The van der Waals surface area contributed by atoms with Crippen LogP contribution >= 0.6 is 0 Å². The Bertz CT molecular complexity index is 596. The maximum absolute atomic E-state index is 13.2. The average Bonchev–Trinajstić information content (AvgIpc) is 2.87. The van der Waals surface area contributed by atoms with Gasteiger partial charge in [0.2, 0.25) is 0 Å². The van der Waals surface area contributed by atoms with Crippen LogP contribution in [-0.4, -0.2) is 23.1 Å². The van der Waals surface area contributed by atoms with Gasteiger partial charge in [0.1, 0.15) is 28.9 Å². The zero-order valence-electron chi connectivity index (χ0n) is 13.0. The number of hydrogen-bond acceptors (Lipinski definition) is 3. The van der Waals surface area contributed by atoms with E-state index in [1.807, 2.05) is 20.8 Å². The fraction of sp³-hybridized carbons (Fsp3) is 0.588. The van der Waals surface area contributed by atoms with E-state index < -0.39 is 28.9 Å². The highest BCUT2D eigenvalue weighted by Gasteiger charge is 2.67. The Labute approximate surface area is 128 Å². The van der Waals surface area contributed by atoms with E-state index in [0.717, 1.165) is 12.5 Å². The quantitative estimate of drug-likeness (QED) is 0.855. The van der Waals surface area contributed by atoms with Crippen LogP contribution < -0.4 is 0 Å². The zero-order chi connectivity index (χ0) is 16.1. The van der Waals surface area contributed by atoms with Gasteiger partial charge in [0.25, 0.3) is 0 Å². The van der Waals surface area contributed by atoms with Crippen LogP contribution in [0.3, 0.4) is 0 Å². The van der Waals surface area contributed by atoms with Crippen LogP contribution in [0.5, 0.6) is 0 Å². The van der Waals surface area contributed by atoms with Gasteiger partial charge in [-0.1, -0.05) is 13.8 Å². The lowest BCUT2D eigenvalue weighted by atomic mass is 9.74. The van der Waals surface area contributed by atoms with Crippen molar-refractivity contribution in [3.63, 3.8) is 0 Å². The normalized spacial score (nSPS) is 33.9. The van der Waals surface area contributed by atoms with E-state index in [1.54, 1.807) is 0 Å². The van der Waals surface area contributed by atoms with Crippen LogP contribution in [0.15, 0.2) is 18.2 Å². The maximum Gasteiger partial charge on any atom is 0.196 e. The summed E-state index contributed by atoms with van der Waals surface area (Å²) >= 11 is 0. The van der Waals surface area contributed by atoms with Crippen LogP contribution in [0.4, 0.5) is 8.78 Å². The molecule has 1 aromatic carbocycles. The molecule has 1 aromatic rings. The third kappa shape index (κ3) is 2.27. The van der Waals surface area contributed by atoms with Gasteiger partial charge in [0.15, 0.2) is 5.78 Å². The largest absolute Gasteiger partial charge is 0.363 e. The minimum Gasteiger partial charge on any atom is -0.363 e. The van der Waals surface area contributed by atoms with Gasteiger partial charge < -0.3 is 9.47 Å². The highest BCUT2D eigenvalue weighted by Crippen LogP contribution is 2.52. The SMILES string of the molecule is CC(C)[C@]12CC[C@](C)(O1)[C@H](OCc1cc(F)cc(F)c1)C2=O. The van der Waals surface area contributed by atoms with E-state index in [1.165, 1.54) is 12.1 Å². The van der Waals surface area contributed by atoms with Crippen molar-refractivity contribution in [3.8, 4) is 0 Å². The Morgan fingerprint density at radius 1 is 1.27 bits per heavy atom. The number of benzene rings is 1. The molecule has 2 bridgehead atoms. The number of carbonyl (C=O) groups excluding carboxylic acids is 1.